The van der Waals surface area contributed by atoms with Gasteiger partial charge in [0.15, 0.2) is 0 Å². The minimum atomic E-state index is -1.02. The first-order valence-corrected chi connectivity index (χ1v) is 9.75. The van der Waals surface area contributed by atoms with Crippen molar-refractivity contribution in [3.63, 3.8) is 0 Å². The summed E-state index contributed by atoms with van der Waals surface area (Å²) in [5, 5.41) is 11.2. The van der Waals surface area contributed by atoms with Crippen molar-refractivity contribution in [1.82, 2.24) is 4.57 Å². The molecule has 0 fully saturated rings. The molecule has 0 aliphatic heterocycles. The molecule has 3 rings (SSSR count). The van der Waals surface area contributed by atoms with Gasteiger partial charge in [-0.3, -0.25) is 4.79 Å². The van der Waals surface area contributed by atoms with Gasteiger partial charge in [-0.15, -0.1) is 0 Å². The van der Waals surface area contributed by atoms with Gasteiger partial charge in [-0.2, -0.15) is 0 Å². The van der Waals surface area contributed by atoms with Crippen LogP contribution in [0, 0.1) is 0 Å². The van der Waals surface area contributed by atoms with E-state index in [9.17, 15) is 14.7 Å². The highest BCUT2D eigenvalue weighted by atomic mass is 35.5. The number of carboxylic acids is 1. The number of aryl methyl sites for hydroxylation is 1. The largest absolute Gasteiger partial charge is 0.477 e. The first-order valence-electron chi connectivity index (χ1n) is 9.37. The molecule has 6 heteroatoms. The molecular weight excluding hydrogens is 376 g/mol. The fraction of sp³-hybridized carbons (Fsp3) is 0.273. The van der Waals surface area contributed by atoms with E-state index in [-0.39, 0.29) is 18.0 Å². The summed E-state index contributed by atoms with van der Waals surface area (Å²) in [7, 11) is 0. The van der Waals surface area contributed by atoms with Crippen LogP contribution in [0.4, 0.5) is 5.69 Å². The maximum atomic E-state index is 13.2. The molecule has 1 heterocycles. The van der Waals surface area contributed by atoms with Crippen molar-refractivity contribution in [2.45, 2.75) is 33.2 Å². The number of anilines is 1. The van der Waals surface area contributed by atoms with Crippen molar-refractivity contribution in [3.05, 3.63) is 64.8 Å². The molecule has 0 aliphatic rings. The smallest absolute Gasteiger partial charge is 0.352 e. The van der Waals surface area contributed by atoms with Crippen LogP contribution in [0.1, 0.15) is 36.3 Å². The molecule has 0 aliphatic carbocycles. The Hall–Kier alpha value is -2.79. The summed E-state index contributed by atoms with van der Waals surface area (Å²) < 4.78 is 1.75. The van der Waals surface area contributed by atoms with Gasteiger partial charge in [0.1, 0.15) is 5.69 Å². The summed E-state index contributed by atoms with van der Waals surface area (Å²) in [4.78, 5) is 26.9. The number of para-hydroxylation sites is 1. The highest BCUT2D eigenvalue weighted by molar-refractivity contribution is 6.30. The van der Waals surface area contributed by atoms with Crippen LogP contribution in [0.15, 0.2) is 48.5 Å². The van der Waals surface area contributed by atoms with Crippen LogP contribution >= 0.6 is 11.6 Å². The van der Waals surface area contributed by atoms with Crippen molar-refractivity contribution in [2.24, 2.45) is 0 Å². The number of carbonyl (C=O) groups excluding carboxylic acids is 1. The van der Waals surface area contributed by atoms with Crippen molar-refractivity contribution in [1.29, 1.82) is 0 Å². The van der Waals surface area contributed by atoms with E-state index in [1.54, 1.807) is 27.7 Å². The monoisotopic (exact) mass is 398 g/mol. The number of carbonyl (C=O) groups is 2. The van der Waals surface area contributed by atoms with E-state index in [0.29, 0.717) is 23.7 Å². The molecular formula is C22H23ClN2O3. The fourth-order valence-corrected chi connectivity index (χ4v) is 3.82. The number of aromatic nitrogens is 1. The summed E-state index contributed by atoms with van der Waals surface area (Å²) in [6, 6.07) is 14.7. The molecule has 0 unspecified atom stereocenters. The highest BCUT2D eigenvalue weighted by Gasteiger charge is 2.25. The Morgan fingerprint density at radius 3 is 2.50 bits per heavy atom. The maximum absolute atomic E-state index is 13.2. The van der Waals surface area contributed by atoms with Crippen molar-refractivity contribution < 1.29 is 14.7 Å². The lowest BCUT2D eigenvalue weighted by molar-refractivity contribution is -0.118. The normalized spacial score (nSPS) is 11.0. The molecule has 0 spiro atoms. The Labute approximate surface area is 169 Å². The first kappa shape index (κ1) is 20.0. The Balaban J connectivity index is 2.06. The summed E-state index contributed by atoms with van der Waals surface area (Å²) in [6.07, 6.45) is 0.794. The number of nitrogens with zero attached hydrogens (tertiary/aromatic N) is 2. The number of amides is 1. The minimum Gasteiger partial charge on any atom is -0.477 e. The van der Waals surface area contributed by atoms with E-state index < -0.39 is 5.97 Å². The van der Waals surface area contributed by atoms with Crippen LogP contribution in [-0.2, 0) is 17.8 Å². The van der Waals surface area contributed by atoms with Gasteiger partial charge in [-0.25, -0.2) is 4.79 Å². The fourth-order valence-electron chi connectivity index (χ4n) is 3.64. The number of hydrogen-bond donors (Lipinski definition) is 1. The molecule has 1 aromatic heterocycles. The average Bonchev–Trinajstić information content (AvgIpc) is 2.99. The van der Waals surface area contributed by atoms with Crippen molar-refractivity contribution in [3.8, 4) is 0 Å². The lowest BCUT2D eigenvalue weighted by atomic mass is 10.1. The lowest BCUT2D eigenvalue weighted by Gasteiger charge is -2.22. The third kappa shape index (κ3) is 3.76. The quantitative estimate of drug-likeness (QED) is 0.609. The molecule has 28 heavy (non-hydrogen) atoms. The predicted molar refractivity (Wildman–Crippen MR) is 112 cm³/mol. The van der Waals surface area contributed by atoms with E-state index in [0.717, 1.165) is 23.0 Å². The van der Waals surface area contributed by atoms with Crippen LogP contribution in [0.25, 0.3) is 10.9 Å². The van der Waals surface area contributed by atoms with Gasteiger partial charge in [0.05, 0.1) is 6.42 Å². The number of rotatable bonds is 7. The van der Waals surface area contributed by atoms with Gasteiger partial charge in [-0.1, -0.05) is 42.8 Å². The van der Waals surface area contributed by atoms with Gasteiger partial charge in [0, 0.05) is 40.3 Å². The van der Waals surface area contributed by atoms with Crippen LogP contribution in [0.3, 0.4) is 0 Å². The molecule has 2 aromatic carbocycles. The highest BCUT2D eigenvalue weighted by Crippen LogP contribution is 2.28. The second kappa shape index (κ2) is 8.48. The molecule has 1 amide bonds. The second-order valence-electron chi connectivity index (χ2n) is 6.60. The van der Waals surface area contributed by atoms with Gasteiger partial charge < -0.3 is 14.6 Å². The van der Waals surface area contributed by atoms with E-state index in [1.165, 1.54) is 0 Å². The molecule has 0 saturated carbocycles. The molecule has 3 aromatic rings. The zero-order chi connectivity index (χ0) is 20.3. The van der Waals surface area contributed by atoms with E-state index in [4.69, 9.17) is 11.6 Å². The van der Waals surface area contributed by atoms with Gasteiger partial charge in [0.25, 0.3) is 0 Å². The number of carboxylic acid groups (broad SMARTS) is 1. The molecule has 146 valence electrons. The Bertz CT molecular complexity index is 1030. The Morgan fingerprint density at radius 2 is 1.86 bits per heavy atom. The maximum Gasteiger partial charge on any atom is 0.352 e. The lowest BCUT2D eigenvalue weighted by Crippen LogP contribution is -2.33. The number of halogens is 1. The van der Waals surface area contributed by atoms with Crippen LogP contribution in [0.2, 0.25) is 5.02 Å². The number of aromatic carboxylic acids is 1. The second-order valence-corrected chi connectivity index (χ2v) is 7.03. The zero-order valence-corrected chi connectivity index (χ0v) is 16.7. The van der Waals surface area contributed by atoms with Crippen LogP contribution in [0.5, 0.6) is 0 Å². The third-order valence-electron chi connectivity index (χ3n) is 4.79. The standard InChI is InChI=1S/C22H23ClN2O3/c1-3-12-25(16-9-7-8-15(23)13-16)20(26)14-18-17-10-5-6-11-19(17)24(4-2)21(18)22(27)28/h5-11,13H,3-4,12,14H2,1-2H3,(H,27,28). The molecule has 1 N–H and O–H groups in total. The van der Waals surface area contributed by atoms with Crippen molar-refractivity contribution >= 4 is 40.1 Å². The zero-order valence-electron chi connectivity index (χ0n) is 16.0. The number of fused-ring (bicyclic) bond motifs is 1. The Morgan fingerprint density at radius 1 is 1.11 bits per heavy atom. The van der Waals surface area contributed by atoms with Crippen LogP contribution in [-0.4, -0.2) is 28.1 Å². The molecule has 0 radical (unpaired) electrons. The molecule has 5 nitrogen and oxygen atoms in total. The average molecular weight is 399 g/mol. The van der Waals surface area contributed by atoms with E-state index >= 15 is 0 Å². The minimum absolute atomic E-state index is 0.0155. The number of hydrogen-bond acceptors (Lipinski definition) is 2. The van der Waals surface area contributed by atoms with Gasteiger partial charge in [0.2, 0.25) is 5.91 Å². The Kier molecular flexibility index (Phi) is 6.05. The molecule has 0 atom stereocenters. The van der Waals surface area contributed by atoms with Crippen LogP contribution < -0.4 is 4.90 Å². The summed E-state index contributed by atoms with van der Waals surface area (Å²) >= 11 is 6.10. The van der Waals surface area contributed by atoms with Crippen molar-refractivity contribution in [2.75, 3.05) is 11.4 Å². The predicted octanol–water partition coefficient (Wildman–Crippen LogP) is 5.00. The summed E-state index contributed by atoms with van der Waals surface area (Å²) in [5.41, 5.74) is 2.28. The first-order chi connectivity index (χ1) is 13.5. The molecule has 0 saturated heterocycles. The SMILES string of the molecule is CCCN(C(=O)Cc1c(C(=O)O)n(CC)c2ccccc12)c1cccc(Cl)c1. The van der Waals surface area contributed by atoms with Gasteiger partial charge >= 0.3 is 5.97 Å². The molecule has 0 bridgehead atoms. The third-order valence-corrected chi connectivity index (χ3v) is 5.03. The number of benzene rings is 2. The van der Waals surface area contributed by atoms with Gasteiger partial charge in [-0.05, 0) is 37.6 Å². The van der Waals surface area contributed by atoms with E-state index in [2.05, 4.69) is 0 Å². The van der Waals surface area contributed by atoms with E-state index in [1.807, 2.05) is 44.2 Å². The summed E-state index contributed by atoms with van der Waals surface area (Å²) in [5.74, 6) is -1.17. The topological polar surface area (TPSA) is 62.5 Å². The summed E-state index contributed by atoms with van der Waals surface area (Å²) in [6.45, 7) is 4.95.